The summed E-state index contributed by atoms with van der Waals surface area (Å²) in [7, 11) is 0. The fourth-order valence-electron chi connectivity index (χ4n) is 2.82. The van der Waals surface area contributed by atoms with Crippen LogP contribution in [0.1, 0.15) is 37.8 Å². The SMILES string of the molecule is CC(NC(=O)[C@@H]1CCC[C@@H]1C(=O)O)c1ccc(Cl)cc1Cl. The fourth-order valence-corrected chi connectivity index (χ4v) is 3.39. The second kappa shape index (κ2) is 6.67. The Morgan fingerprint density at radius 1 is 1.29 bits per heavy atom. The highest BCUT2D eigenvalue weighted by atomic mass is 35.5. The third kappa shape index (κ3) is 3.69. The summed E-state index contributed by atoms with van der Waals surface area (Å²) < 4.78 is 0. The van der Waals surface area contributed by atoms with Crippen molar-refractivity contribution >= 4 is 35.1 Å². The second-order valence-electron chi connectivity index (χ2n) is 5.38. The van der Waals surface area contributed by atoms with Crippen LogP contribution in [0.2, 0.25) is 10.0 Å². The lowest BCUT2D eigenvalue weighted by Gasteiger charge is -2.20. The summed E-state index contributed by atoms with van der Waals surface area (Å²) in [4.78, 5) is 23.4. The number of amides is 1. The van der Waals surface area contributed by atoms with E-state index in [9.17, 15) is 9.59 Å². The predicted octanol–water partition coefficient (Wildman–Crippen LogP) is 3.67. The van der Waals surface area contributed by atoms with Crippen molar-refractivity contribution in [3.63, 3.8) is 0 Å². The summed E-state index contributed by atoms with van der Waals surface area (Å²) in [5.74, 6) is -2.17. The standard InChI is InChI=1S/C15H17Cl2NO3/c1-8(10-6-5-9(16)7-13(10)17)18-14(19)11-3-2-4-12(11)15(20)21/h5-8,11-12H,2-4H2,1H3,(H,18,19)(H,20,21)/t8?,11-,12+/m1/s1. The zero-order chi connectivity index (χ0) is 15.6. The zero-order valence-electron chi connectivity index (χ0n) is 11.6. The third-order valence-electron chi connectivity index (χ3n) is 3.96. The monoisotopic (exact) mass is 329 g/mol. The minimum absolute atomic E-state index is 0.224. The van der Waals surface area contributed by atoms with Crippen LogP contribution in [0.25, 0.3) is 0 Å². The predicted molar refractivity (Wildman–Crippen MR) is 81.5 cm³/mol. The highest BCUT2D eigenvalue weighted by Crippen LogP contribution is 2.33. The van der Waals surface area contributed by atoms with Crippen molar-refractivity contribution in [1.82, 2.24) is 5.32 Å². The first-order chi connectivity index (χ1) is 9.90. The summed E-state index contributed by atoms with van der Waals surface area (Å²) in [6, 6.07) is 4.80. The second-order valence-corrected chi connectivity index (χ2v) is 6.22. The number of carbonyl (C=O) groups excluding carboxylic acids is 1. The summed E-state index contributed by atoms with van der Waals surface area (Å²) in [5, 5.41) is 13.0. The van der Waals surface area contributed by atoms with E-state index in [1.54, 1.807) is 18.2 Å². The van der Waals surface area contributed by atoms with E-state index in [1.807, 2.05) is 6.92 Å². The van der Waals surface area contributed by atoms with Crippen LogP contribution in [-0.2, 0) is 9.59 Å². The zero-order valence-corrected chi connectivity index (χ0v) is 13.1. The number of halogens is 2. The molecule has 1 aromatic carbocycles. The van der Waals surface area contributed by atoms with Gasteiger partial charge in [-0.05, 0) is 37.5 Å². The summed E-state index contributed by atoms with van der Waals surface area (Å²) >= 11 is 12.0. The van der Waals surface area contributed by atoms with Crippen molar-refractivity contribution in [2.45, 2.75) is 32.2 Å². The largest absolute Gasteiger partial charge is 0.481 e. The number of rotatable bonds is 4. The first-order valence-corrected chi connectivity index (χ1v) is 7.64. The Kier molecular flexibility index (Phi) is 5.12. The van der Waals surface area contributed by atoms with Gasteiger partial charge in [-0.15, -0.1) is 0 Å². The molecule has 1 aliphatic carbocycles. The van der Waals surface area contributed by atoms with Crippen molar-refractivity contribution in [2.24, 2.45) is 11.8 Å². The van der Waals surface area contributed by atoms with E-state index in [-0.39, 0.29) is 11.9 Å². The topological polar surface area (TPSA) is 66.4 Å². The van der Waals surface area contributed by atoms with Gasteiger partial charge in [-0.1, -0.05) is 35.7 Å². The van der Waals surface area contributed by atoms with Gasteiger partial charge in [0, 0.05) is 10.0 Å². The smallest absolute Gasteiger partial charge is 0.307 e. The van der Waals surface area contributed by atoms with Gasteiger partial charge in [-0.3, -0.25) is 9.59 Å². The molecule has 0 aromatic heterocycles. The van der Waals surface area contributed by atoms with Crippen LogP contribution < -0.4 is 5.32 Å². The summed E-state index contributed by atoms with van der Waals surface area (Å²) in [6.45, 7) is 1.82. The Bertz CT molecular complexity index is 562. The molecule has 2 rings (SSSR count). The molecule has 4 nitrogen and oxygen atoms in total. The summed E-state index contributed by atoms with van der Waals surface area (Å²) in [5.41, 5.74) is 0.763. The van der Waals surface area contributed by atoms with Gasteiger partial charge in [-0.25, -0.2) is 0 Å². The molecule has 0 heterocycles. The number of carboxylic acids is 1. The molecule has 21 heavy (non-hydrogen) atoms. The molecule has 1 saturated carbocycles. The van der Waals surface area contributed by atoms with Crippen LogP contribution in [0.3, 0.4) is 0 Å². The lowest BCUT2D eigenvalue weighted by atomic mass is 9.94. The molecule has 0 radical (unpaired) electrons. The van der Waals surface area contributed by atoms with E-state index < -0.39 is 17.8 Å². The molecular formula is C15H17Cl2NO3. The lowest BCUT2D eigenvalue weighted by molar-refractivity contribution is -0.146. The average Bonchev–Trinajstić information content (AvgIpc) is 2.87. The molecule has 1 fully saturated rings. The molecule has 0 saturated heterocycles. The van der Waals surface area contributed by atoms with Crippen LogP contribution in [0.5, 0.6) is 0 Å². The Morgan fingerprint density at radius 2 is 1.95 bits per heavy atom. The fraction of sp³-hybridized carbons (Fsp3) is 0.467. The maximum Gasteiger partial charge on any atom is 0.307 e. The van der Waals surface area contributed by atoms with Gasteiger partial charge in [0.2, 0.25) is 5.91 Å². The van der Waals surface area contributed by atoms with E-state index in [4.69, 9.17) is 28.3 Å². The molecule has 3 atom stereocenters. The van der Waals surface area contributed by atoms with E-state index in [2.05, 4.69) is 5.32 Å². The van der Waals surface area contributed by atoms with Crippen LogP contribution in [0.15, 0.2) is 18.2 Å². The highest BCUT2D eigenvalue weighted by Gasteiger charge is 2.38. The number of carbonyl (C=O) groups is 2. The normalized spacial score (nSPS) is 22.8. The first kappa shape index (κ1) is 16.1. The molecule has 114 valence electrons. The van der Waals surface area contributed by atoms with Gasteiger partial charge in [0.25, 0.3) is 0 Å². The van der Waals surface area contributed by atoms with Crippen LogP contribution >= 0.6 is 23.2 Å². The molecule has 1 amide bonds. The van der Waals surface area contributed by atoms with Crippen molar-refractivity contribution in [1.29, 1.82) is 0 Å². The number of hydrogen-bond donors (Lipinski definition) is 2. The number of carboxylic acid groups (broad SMARTS) is 1. The van der Waals surface area contributed by atoms with Gasteiger partial charge in [0.05, 0.1) is 17.9 Å². The van der Waals surface area contributed by atoms with Crippen LogP contribution in [0, 0.1) is 11.8 Å². The van der Waals surface area contributed by atoms with Gasteiger partial charge in [-0.2, -0.15) is 0 Å². The van der Waals surface area contributed by atoms with Gasteiger partial charge >= 0.3 is 5.97 Å². The number of nitrogens with one attached hydrogen (secondary N) is 1. The quantitative estimate of drug-likeness (QED) is 0.885. The summed E-state index contributed by atoms with van der Waals surface area (Å²) in [6.07, 6.45) is 1.94. The maximum atomic E-state index is 12.3. The minimum Gasteiger partial charge on any atom is -0.481 e. The lowest BCUT2D eigenvalue weighted by Crippen LogP contribution is -2.36. The van der Waals surface area contributed by atoms with E-state index >= 15 is 0 Å². The molecule has 0 aliphatic heterocycles. The molecular weight excluding hydrogens is 313 g/mol. The van der Waals surface area contributed by atoms with E-state index in [1.165, 1.54) is 0 Å². The number of benzene rings is 1. The Morgan fingerprint density at radius 3 is 2.57 bits per heavy atom. The van der Waals surface area contributed by atoms with Gasteiger partial charge < -0.3 is 10.4 Å². The first-order valence-electron chi connectivity index (χ1n) is 6.88. The maximum absolute atomic E-state index is 12.3. The van der Waals surface area contributed by atoms with Crippen molar-refractivity contribution in [3.8, 4) is 0 Å². The Labute approximate surface area is 133 Å². The number of aliphatic carboxylic acids is 1. The Hall–Kier alpha value is -1.26. The van der Waals surface area contributed by atoms with Crippen molar-refractivity contribution < 1.29 is 14.7 Å². The number of hydrogen-bond acceptors (Lipinski definition) is 2. The molecule has 0 bridgehead atoms. The molecule has 6 heteroatoms. The van der Waals surface area contributed by atoms with Crippen LogP contribution in [-0.4, -0.2) is 17.0 Å². The minimum atomic E-state index is -0.898. The third-order valence-corrected chi connectivity index (χ3v) is 4.52. The van der Waals surface area contributed by atoms with Gasteiger partial charge in [0.1, 0.15) is 0 Å². The molecule has 1 aromatic rings. The average molecular weight is 330 g/mol. The van der Waals surface area contributed by atoms with Crippen molar-refractivity contribution in [2.75, 3.05) is 0 Å². The highest BCUT2D eigenvalue weighted by molar-refractivity contribution is 6.35. The molecule has 1 unspecified atom stereocenters. The van der Waals surface area contributed by atoms with Crippen molar-refractivity contribution in [3.05, 3.63) is 33.8 Å². The molecule has 2 N–H and O–H groups in total. The van der Waals surface area contributed by atoms with E-state index in [0.29, 0.717) is 22.9 Å². The molecule has 0 spiro atoms. The molecule has 1 aliphatic rings. The van der Waals surface area contributed by atoms with Crippen LogP contribution in [0.4, 0.5) is 0 Å². The Balaban J connectivity index is 2.06. The van der Waals surface area contributed by atoms with E-state index in [0.717, 1.165) is 12.0 Å². The van der Waals surface area contributed by atoms with Gasteiger partial charge in [0.15, 0.2) is 0 Å².